The van der Waals surface area contributed by atoms with E-state index in [2.05, 4.69) is 22.5 Å². The topological polar surface area (TPSA) is 96.9 Å². The van der Waals surface area contributed by atoms with Gasteiger partial charge in [0.15, 0.2) is 0 Å². The highest BCUT2D eigenvalue weighted by Gasteiger charge is 2.25. The number of hydrogen-bond acceptors (Lipinski definition) is 5. The van der Waals surface area contributed by atoms with Gasteiger partial charge in [0.2, 0.25) is 0 Å². The van der Waals surface area contributed by atoms with Crippen LogP contribution in [0, 0.1) is 11.8 Å². The third-order valence-electron chi connectivity index (χ3n) is 4.30. The minimum absolute atomic E-state index is 0.0671. The molecule has 0 spiro atoms. The Bertz CT molecular complexity index is 940. The Hall–Kier alpha value is -3.34. The Balaban J connectivity index is 2.10. The number of urea groups is 1. The monoisotopic (exact) mass is 410 g/mol. The summed E-state index contributed by atoms with van der Waals surface area (Å²) in [5, 5.41) is 14.8. The fourth-order valence-electron chi connectivity index (χ4n) is 2.83. The molecule has 0 aliphatic carbocycles. The van der Waals surface area contributed by atoms with Gasteiger partial charge in [0, 0.05) is 30.5 Å². The molecule has 0 fully saturated rings. The standard InChI is InChI=1S/C23H26N2O5/c1-23(12-13-26,16-29-2)25-22(28)24-20-9-5-7-18(15-20)11-10-17-6-4-8-19(14-17)21(27)30-3/h4-9,14-15,26H,12-13,16H2,1-3H3,(H2,24,25,28)/t23-/m0/s1. The zero-order valence-corrected chi connectivity index (χ0v) is 17.3. The average Bonchev–Trinajstić information content (AvgIpc) is 2.72. The minimum Gasteiger partial charge on any atom is -0.465 e. The number of aliphatic hydroxyl groups excluding tert-OH is 1. The smallest absolute Gasteiger partial charge is 0.337 e. The predicted molar refractivity (Wildman–Crippen MR) is 114 cm³/mol. The molecule has 0 saturated heterocycles. The maximum absolute atomic E-state index is 12.4. The second-order valence-electron chi connectivity index (χ2n) is 6.95. The summed E-state index contributed by atoms with van der Waals surface area (Å²) >= 11 is 0. The first-order valence-corrected chi connectivity index (χ1v) is 9.38. The first-order valence-electron chi connectivity index (χ1n) is 9.38. The van der Waals surface area contributed by atoms with Crippen LogP contribution in [0.2, 0.25) is 0 Å². The second kappa shape index (κ2) is 11.0. The van der Waals surface area contributed by atoms with E-state index in [0.29, 0.717) is 28.8 Å². The maximum Gasteiger partial charge on any atom is 0.337 e. The van der Waals surface area contributed by atoms with Gasteiger partial charge < -0.3 is 25.2 Å². The molecule has 0 radical (unpaired) electrons. The van der Waals surface area contributed by atoms with Gasteiger partial charge in [-0.25, -0.2) is 9.59 Å². The van der Waals surface area contributed by atoms with Crippen molar-refractivity contribution in [2.45, 2.75) is 18.9 Å². The summed E-state index contributed by atoms with van der Waals surface area (Å²) < 4.78 is 9.85. The number of amides is 2. The molecule has 2 aromatic rings. The third-order valence-corrected chi connectivity index (χ3v) is 4.30. The molecule has 3 N–H and O–H groups in total. The van der Waals surface area contributed by atoms with Gasteiger partial charge in [0.25, 0.3) is 0 Å². The molecule has 2 rings (SSSR count). The Labute approximate surface area is 176 Å². The van der Waals surface area contributed by atoms with Crippen molar-refractivity contribution >= 4 is 17.7 Å². The number of rotatable bonds is 7. The lowest BCUT2D eigenvalue weighted by Crippen LogP contribution is -2.51. The average molecular weight is 410 g/mol. The molecule has 0 unspecified atom stereocenters. The van der Waals surface area contributed by atoms with Gasteiger partial charge in [-0.3, -0.25) is 0 Å². The largest absolute Gasteiger partial charge is 0.465 e. The van der Waals surface area contributed by atoms with E-state index >= 15 is 0 Å². The first-order chi connectivity index (χ1) is 14.4. The molecule has 0 saturated carbocycles. The van der Waals surface area contributed by atoms with E-state index in [1.807, 2.05) is 6.07 Å². The predicted octanol–water partition coefficient (Wildman–Crippen LogP) is 2.78. The van der Waals surface area contributed by atoms with Crippen molar-refractivity contribution < 1.29 is 24.2 Å². The second-order valence-corrected chi connectivity index (χ2v) is 6.95. The van der Waals surface area contributed by atoms with E-state index in [4.69, 9.17) is 9.47 Å². The number of benzene rings is 2. The van der Waals surface area contributed by atoms with Crippen molar-refractivity contribution in [1.82, 2.24) is 5.32 Å². The molecule has 30 heavy (non-hydrogen) atoms. The third kappa shape index (κ3) is 6.92. The Kier molecular flexibility index (Phi) is 8.41. The van der Waals surface area contributed by atoms with E-state index in [1.165, 1.54) is 14.2 Å². The van der Waals surface area contributed by atoms with Crippen molar-refractivity contribution in [1.29, 1.82) is 0 Å². The summed E-state index contributed by atoms with van der Waals surface area (Å²) in [6.45, 7) is 2.01. The van der Waals surface area contributed by atoms with Gasteiger partial charge in [-0.05, 0) is 49.7 Å². The quantitative estimate of drug-likeness (QED) is 0.482. The van der Waals surface area contributed by atoms with Crippen LogP contribution >= 0.6 is 0 Å². The molecule has 0 bridgehead atoms. The van der Waals surface area contributed by atoms with Gasteiger partial charge >= 0.3 is 12.0 Å². The van der Waals surface area contributed by atoms with Crippen molar-refractivity contribution in [3.63, 3.8) is 0 Å². The molecule has 2 aromatic carbocycles. The van der Waals surface area contributed by atoms with Crippen LogP contribution in [0.3, 0.4) is 0 Å². The van der Waals surface area contributed by atoms with Crippen LogP contribution in [-0.2, 0) is 9.47 Å². The normalized spacial score (nSPS) is 12.1. The number of nitrogens with one attached hydrogen (secondary N) is 2. The van der Waals surface area contributed by atoms with Crippen LogP contribution in [0.4, 0.5) is 10.5 Å². The number of hydrogen-bond donors (Lipinski definition) is 3. The van der Waals surface area contributed by atoms with Crippen LogP contribution < -0.4 is 10.6 Å². The SMILES string of the molecule is COC[C@](C)(CCO)NC(=O)Nc1cccc(C#Cc2cccc(C(=O)OC)c2)c1. The van der Waals surface area contributed by atoms with Crippen LogP contribution in [-0.4, -0.2) is 50.1 Å². The molecular weight excluding hydrogens is 384 g/mol. The molecule has 0 aliphatic rings. The van der Waals surface area contributed by atoms with Crippen LogP contribution in [0.5, 0.6) is 0 Å². The lowest BCUT2D eigenvalue weighted by Gasteiger charge is -2.29. The fourth-order valence-corrected chi connectivity index (χ4v) is 2.83. The number of carbonyl (C=O) groups is 2. The van der Waals surface area contributed by atoms with E-state index in [1.54, 1.807) is 49.4 Å². The number of aliphatic hydroxyl groups is 1. The van der Waals surface area contributed by atoms with Crippen LogP contribution in [0.25, 0.3) is 0 Å². The fraction of sp³-hybridized carbons (Fsp3) is 0.304. The van der Waals surface area contributed by atoms with Gasteiger partial charge in [0.1, 0.15) is 0 Å². The lowest BCUT2D eigenvalue weighted by atomic mass is 10.00. The van der Waals surface area contributed by atoms with E-state index < -0.39 is 17.5 Å². The molecule has 0 heterocycles. The molecule has 0 aliphatic heterocycles. The molecule has 158 valence electrons. The summed E-state index contributed by atoms with van der Waals surface area (Å²) in [4.78, 5) is 24.0. The zero-order chi connectivity index (χ0) is 22.0. The van der Waals surface area contributed by atoms with Crippen LogP contribution in [0.15, 0.2) is 48.5 Å². The Morgan fingerprint density at radius 1 is 1.07 bits per heavy atom. The lowest BCUT2D eigenvalue weighted by molar-refractivity contribution is 0.0600. The summed E-state index contributed by atoms with van der Waals surface area (Å²) in [7, 11) is 2.87. The number of ether oxygens (including phenoxy) is 2. The number of methoxy groups -OCH3 is 2. The van der Waals surface area contributed by atoms with E-state index in [-0.39, 0.29) is 13.2 Å². The molecule has 1 atom stereocenters. The summed E-state index contributed by atoms with van der Waals surface area (Å²) in [6, 6.07) is 13.6. The van der Waals surface area contributed by atoms with Gasteiger partial charge in [-0.2, -0.15) is 0 Å². The number of carbonyl (C=O) groups excluding carboxylic acids is 2. The molecule has 7 heteroatoms. The summed E-state index contributed by atoms with van der Waals surface area (Å²) in [5.41, 5.74) is 1.69. The Morgan fingerprint density at radius 3 is 2.37 bits per heavy atom. The van der Waals surface area contributed by atoms with Crippen molar-refractivity contribution in [2.24, 2.45) is 0 Å². The van der Waals surface area contributed by atoms with Crippen molar-refractivity contribution in [3.05, 3.63) is 65.2 Å². The van der Waals surface area contributed by atoms with Crippen molar-refractivity contribution in [2.75, 3.05) is 32.8 Å². The van der Waals surface area contributed by atoms with Gasteiger partial charge in [-0.15, -0.1) is 0 Å². The number of esters is 1. The Morgan fingerprint density at radius 2 is 1.73 bits per heavy atom. The highest BCUT2D eigenvalue weighted by Crippen LogP contribution is 2.13. The maximum atomic E-state index is 12.4. The highest BCUT2D eigenvalue weighted by atomic mass is 16.5. The summed E-state index contributed by atoms with van der Waals surface area (Å²) in [5.74, 6) is 5.60. The molecular formula is C23H26N2O5. The zero-order valence-electron chi connectivity index (χ0n) is 17.3. The molecule has 2 amide bonds. The highest BCUT2D eigenvalue weighted by molar-refractivity contribution is 5.90. The first kappa shape index (κ1) is 22.9. The van der Waals surface area contributed by atoms with E-state index in [0.717, 1.165) is 0 Å². The van der Waals surface area contributed by atoms with Crippen molar-refractivity contribution in [3.8, 4) is 11.8 Å². The minimum atomic E-state index is -0.685. The number of anilines is 1. The van der Waals surface area contributed by atoms with E-state index in [9.17, 15) is 14.7 Å². The molecule has 7 nitrogen and oxygen atoms in total. The van der Waals surface area contributed by atoms with Gasteiger partial charge in [0.05, 0.1) is 24.8 Å². The molecule has 0 aromatic heterocycles. The van der Waals surface area contributed by atoms with Gasteiger partial charge in [-0.1, -0.05) is 24.0 Å². The summed E-state index contributed by atoms with van der Waals surface area (Å²) in [6.07, 6.45) is 0.365. The van der Waals surface area contributed by atoms with Crippen LogP contribution in [0.1, 0.15) is 34.8 Å².